The highest BCUT2D eigenvalue weighted by Gasteiger charge is 2.79. The summed E-state index contributed by atoms with van der Waals surface area (Å²) < 4.78 is 6.89. The van der Waals surface area contributed by atoms with Crippen LogP contribution in [0.15, 0.2) is 30.3 Å². The highest BCUT2D eigenvalue weighted by Crippen LogP contribution is 2.64. The van der Waals surface area contributed by atoms with E-state index in [-0.39, 0.29) is 35.7 Å². The van der Waals surface area contributed by atoms with Gasteiger partial charge in [0.15, 0.2) is 0 Å². The lowest BCUT2D eigenvalue weighted by molar-refractivity contribution is -0.152. The largest absolute Gasteiger partial charge is 0.394 e. The van der Waals surface area contributed by atoms with Crippen LogP contribution < -0.4 is 10.6 Å². The van der Waals surface area contributed by atoms with Crippen molar-refractivity contribution < 1.29 is 24.2 Å². The first-order chi connectivity index (χ1) is 19.1. The molecule has 228 valence electrons. The normalized spacial score (nSPS) is 30.0. The van der Waals surface area contributed by atoms with Crippen LogP contribution in [0.25, 0.3) is 0 Å². The number of hydrogen-bond donors (Lipinski definition) is 3. The molecule has 4 rings (SSSR count). The maximum Gasteiger partial charge on any atom is 0.246 e. The second-order valence-corrected chi connectivity index (χ2v) is 14.9. The van der Waals surface area contributed by atoms with E-state index in [4.69, 9.17) is 4.74 Å². The third-order valence-electron chi connectivity index (χ3n) is 9.24. The van der Waals surface area contributed by atoms with Gasteiger partial charge in [0.2, 0.25) is 17.7 Å². The number of hydrogen-bond acceptors (Lipinski definition) is 5. The Balaban J connectivity index is 1.73. The topological polar surface area (TPSA) is 108 Å². The highest BCUT2D eigenvalue weighted by atomic mass is 16.5. The number of carbonyl (C=O) groups is 3. The summed E-state index contributed by atoms with van der Waals surface area (Å²) in [5, 5.41) is 16.8. The van der Waals surface area contributed by atoms with E-state index in [2.05, 4.69) is 31.4 Å². The van der Waals surface area contributed by atoms with Gasteiger partial charge < -0.3 is 25.4 Å². The quantitative estimate of drug-likeness (QED) is 0.370. The van der Waals surface area contributed by atoms with Crippen molar-refractivity contribution in [1.82, 2.24) is 15.5 Å². The highest BCUT2D eigenvalue weighted by molar-refractivity contribution is 5.99. The zero-order valence-corrected chi connectivity index (χ0v) is 26.3. The molecule has 3 amide bonds. The first-order valence-corrected chi connectivity index (χ1v) is 15.4. The average Bonchev–Trinajstić information content (AvgIpc) is 3.48. The maximum absolute atomic E-state index is 14.5. The summed E-state index contributed by atoms with van der Waals surface area (Å²) in [6.45, 7) is 16.6. The van der Waals surface area contributed by atoms with Crippen LogP contribution in [0.1, 0.15) is 93.1 Å². The van der Waals surface area contributed by atoms with Crippen LogP contribution in [0.4, 0.5) is 0 Å². The summed E-state index contributed by atoms with van der Waals surface area (Å²) in [6, 6.07) is 8.23. The Labute approximate surface area is 246 Å². The number of nitrogens with one attached hydrogen (secondary N) is 2. The summed E-state index contributed by atoms with van der Waals surface area (Å²) in [5.74, 6) is -2.03. The van der Waals surface area contributed by atoms with E-state index in [9.17, 15) is 19.5 Å². The van der Waals surface area contributed by atoms with E-state index in [0.29, 0.717) is 32.2 Å². The van der Waals surface area contributed by atoms with E-state index < -0.39 is 40.7 Å². The molecule has 0 aliphatic carbocycles. The van der Waals surface area contributed by atoms with Crippen molar-refractivity contribution in [3.05, 3.63) is 35.9 Å². The van der Waals surface area contributed by atoms with Gasteiger partial charge in [0.05, 0.1) is 30.1 Å². The van der Waals surface area contributed by atoms with E-state index in [1.54, 1.807) is 4.90 Å². The van der Waals surface area contributed by atoms with Crippen LogP contribution in [-0.4, -0.2) is 63.2 Å². The number of aliphatic hydroxyl groups excluding tert-OH is 1. The van der Waals surface area contributed by atoms with Crippen LogP contribution >= 0.6 is 0 Å². The summed E-state index contributed by atoms with van der Waals surface area (Å²) in [6.07, 6.45) is 2.98. The fraction of sp³-hybridized carbons (Fsp3) is 0.727. The number of benzene rings is 1. The molecule has 3 aliphatic heterocycles. The van der Waals surface area contributed by atoms with Gasteiger partial charge in [-0.05, 0) is 62.8 Å². The summed E-state index contributed by atoms with van der Waals surface area (Å²) in [4.78, 5) is 44.4. The van der Waals surface area contributed by atoms with Crippen molar-refractivity contribution >= 4 is 17.7 Å². The lowest BCUT2D eigenvalue weighted by Gasteiger charge is -2.40. The predicted molar refractivity (Wildman–Crippen MR) is 159 cm³/mol. The van der Waals surface area contributed by atoms with E-state index in [1.807, 2.05) is 65.0 Å². The van der Waals surface area contributed by atoms with Gasteiger partial charge in [-0.2, -0.15) is 0 Å². The number of rotatable bonds is 11. The van der Waals surface area contributed by atoms with Crippen molar-refractivity contribution in [2.45, 2.75) is 123 Å². The van der Waals surface area contributed by atoms with Crippen molar-refractivity contribution in [1.29, 1.82) is 0 Å². The molecule has 0 saturated carbocycles. The van der Waals surface area contributed by atoms with Crippen LogP contribution in [-0.2, 0) is 25.7 Å². The third kappa shape index (κ3) is 5.92. The minimum atomic E-state index is -1.12. The summed E-state index contributed by atoms with van der Waals surface area (Å²) in [7, 11) is 0. The summed E-state index contributed by atoms with van der Waals surface area (Å²) in [5.41, 5.74) is -1.50. The van der Waals surface area contributed by atoms with Gasteiger partial charge in [0.1, 0.15) is 11.6 Å². The van der Waals surface area contributed by atoms with Crippen LogP contribution in [0.5, 0.6) is 0 Å². The van der Waals surface area contributed by atoms with Crippen LogP contribution in [0.3, 0.4) is 0 Å². The zero-order chi connectivity index (χ0) is 30.4. The molecular formula is C33H51N3O5. The SMILES string of the molecule is CC[C@@]12CCC3(O1)C(C(=O)NC(C)(C)CC(C)(C)C)N([C@@H](CO)CC(C)C)C(=O)[C@@H]3[C@@H]2C(=O)NCc1ccccc1. The molecule has 2 unspecified atom stereocenters. The Morgan fingerprint density at radius 1 is 1.10 bits per heavy atom. The molecular weight excluding hydrogens is 518 g/mol. The van der Waals surface area contributed by atoms with Crippen molar-refractivity contribution in [2.75, 3.05) is 6.61 Å². The monoisotopic (exact) mass is 569 g/mol. The molecule has 3 N–H and O–H groups in total. The fourth-order valence-electron chi connectivity index (χ4n) is 8.23. The number of ether oxygens (including phenoxy) is 1. The van der Waals surface area contributed by atoms with Crippen molar-refractivity contribution in [3.63, 3.8) is 0 Å². The van der Waals surface area contributed by atoms with Gasteiger partial charge in [-0.1, -0.05) is 71.9 Å². The van der Waals surface area contributed by atoms with E-state index in [1.165, 1.54) is 0 Å². The van der Waals surface area contributed by atoms with Crippen molar-refractivity contribution in [2.24, 2.45) is 23.2 Å². The number of carbonyl (C=O) groups excluding carboxylic acids is 3. The molecule has 2 bridgehead atoms. The molecule has 3 heterocycles. The first kappa shape index (κ1) is 31.5. The van der Waals surface area contributed by atoms with E-state index >= 15 is 0 Å². The lowest BCUT2D eigenvalue weighted by Crippen LogP contribution is -2.61. The minimum absolute atomic E-state index is 0.0232. The Bertz CT molecular complexity index is 1130. The standard InChI is InChI=1S/C33H51N3O5/c1-9-32-15-16-33(41-32)25(24(32)27(38)34-18-22-13-11-10-12-14-22)29(40)36(23(19-37)17-21(2)3)26(33)28(39)35-31(7,8)20-30(4,5)6/h10-14,21,23-26,37H,9,15-20H2,1-8H3,(H,34,38)(H,35,39)/t23-,24-,25+,26?,32+,33?/m1/s1. The van der Waals surface area contributed by atoms with Gasteiger partial charge in [0.25, 0.3) is 0 Å². The van der Waals surface area contributed by atoms with Crippen LogP contribution in [0, 0.1) is 23.2 Å². The Kier molecular flexibility index (Phi) is 8.70. The van der Waals surface area contributed by atoms with Gasteiger partial charge in [-0.15, -0.1) is 0 Å². The molecule has 8 heteroatoms. The number of amides is 3. The molecule has 1 aromatic rings. The molecule has 0 aromatic heterocycles. The molecule has 0 radical (unpaired) electrons. The number of fused-ring (bicyclic) bond motifs is 1. The number of likely N-dealkylation sites (tertiary alicyclic amines) is 1. The molecule has 3 aliphatic rings. The molecule has 1 spiro atoms. The smallest absolute Gasteiger partial charge is 0.246 e. The molecule has 6 atom stereocenters. The van der Waals surface area contributed by atoms with Gasteiger partial charge >= 0.3 is 0 Å². The Morgan fingerprint density at radius 3 is 2.32 bits per heavy atom. The van der Waals surface area contributed by atoms with Gasteiger partial charge in [0, 0.05) is 12.1 Å². The Morgan fingerprint density at radius 2 is 1.76 bits per heavy atom. The zero-order valence-electron chi connectivity index (χ0n) is 26.3. The average molecular weight is 570 g/mol. The number of nitrogens with zero attached hydrogens (tertiary/aromatic N) is 1. The van der Waals surface area contributed by atoms with Gasteiger partial charge in [-0.25, -0.2) is 0 Å². The fourth-order valence-corrected chi connectivity index (χ4v) is 8.23. The predicted octanol–water partition coefficient (Wildman–Crippen LogP) is 4.20. The first-order valence-electron chi connectivity index (χ1n) is 15.4. The Hall–Kier alpha value is -2.45. The molecule has 1 aromatic carbocycles. The summed E-state index contributed by atoms with van der Waals surface area (Å²) >= 11 is 0. The third-order valence-corrected chi connectivity index (χ3v) is 9.24. The number of aliphatic hydroxyl groups is 1. The second kappa shape index (κ2) is 11.3. The van der Waals surface area contributed by atoms with Gasteiger partial charge in [-0.3, -0.25) is 14.4 Å². The van der Waals surface area contributed by atoms with E-state index in [0.717, 1.165) is 12.0 Å². The molecule has 8 nitrogen and oxygen atoms in total. The lowest BCUT2D eigenvalue weighted by atomic mass is 9.65. The second-order valence-electron chi connectivity index (χ2n) is 14.9. The molecule has 3 fully saturated rings. The maximum atomic E-state index is 14.5. The minimum Gasteiger partial charge on any atom is -0.394 e. The van der Waals surface area contributed by atoms with Crippen LogP contribution in [0.2, 0.25) is 0 Å². The van der Waals surface area contributed by atoms with Crippen molar-refractivity contribution in [3.8, 4) is 0 Å². The molecule has 3 saturated heterocycles. The molecule has 41 heavy (non-hydrogen) atoms.